The van der Waals surface area contributed by atoms with Gasteiger partial charge in [-0.05, 0) is 25.0 Å². The van der Waals surface area contributed by atoms with E-state index in [1.807, 2.05) is 0 Å². The Hall–Kier alpha value is -1.62. The van der Waals surface area contributed by atoms with Crippen molar-refractivity contribution in [3.8, 4) is 0 Å². The first kappa shape index (κ1) is 13.8. The predicted molar refractivity (Wildman–Crippen MR) is 72.1 cm³/mol. The van der Waals surface area contributed by atoms with E-state index in [4.69, 9.17) is 0 Å². The molecule has 0 saturated heterocycles. The van der Waals surface area contributed by atoms with Crippen LogP contribution in [0.1, 0.15) is 36.0 Å². The molecule has 0 bridgehead atoms. The normalized spacial score (nSPS) is 17.2. The van der Waals surface area contributed by atoms with Crippen molar-refractivity contribution in [3.05, 3.63) is 23.9 Å². The minimum Gasteiger partial charge on any atom is -0.465 e. The largest absolute Gasteiger partial charge is 0.465 e. The molecule has 0 radical (unpaired) electrons. The molecule has 1 fully saturated rings. The third-order valence-electron chi connectivity index (χ3n) is 3.83. The second-order valence-corrected chi connectivity index (χ2v) is 5.14. The monoisotopic (exact) mass is 264 g/mol. The molecule has 1 aromatic rings. The van der Waals surface area contributed by atoms with Gasteiger partial charge in [0.15, 0.2) is 0 Å². The van der Waals surface area contributed by atoms with Crippen molar-refractivity contribution in [2.24, 2.45) is 5.41 Å². The number of nitrogens with one attached hydrogen (secondary N) is 1. The molecule has 2 rings (SSSR count). The van der Waals surface area contributed by atoms with E-state index in [1.165, 1.54) is 7.11 Å². The van der Waals surface area contributed by atoms with Crippen molar-refractivity contribution in [3.63, 3.8) is 0 Å². The van der Waals surface area contributed by atoms with Gasteiger partial charge in [0.2, 0.25) is 0 Å². The van der Waals surface area contributed by atoms with Crippen molar-refractivity contribution >= 4 is 11.8 Å². The molecular weight excluding hydrogens is 244 g/mol. The van der Waals surface area contributed by atoms with E-state index in [1.54, 1.807) is 18.3 Å². The van der Waals surface area contributed by atoms with Gasteiger partial charge in [0.25, 0.3) is 0 Å². The van der Waals surface area contributed by atoms with E-state index in [0.29, 0.717) is 17.9 Å². The molecule has 0 unspecified atom stereocenters. The zero-order chi connectivity index (χ0) is 13.7. The number of aliphatic hydroxyl groups excluding tert-OH is 1. The number of esters is 1. The van der Waals surface area contributed by atoms with Crippen molar-refractivity contribution in [2.75, 3.05) is 25.6 Å². The minimum atomic E-state index is -0.372. The standard InChI is InChI=1S/C14H20N2O3/c1-19-13(18)11-4-7-15-12(8-11)16-9-14(10-17)5-2-3-6-14/h4,7-8,17H,2-3,5-6,9-10H2,1H3,(H,15,16). The molecule has 5 nitrogen and oxygen atoms in total. The molecule has 0 spiro atoms. The Kier molecular flexibility index (Phi) is 4.37. The summed E-state index contributed by atoms with van der Waals surface area (Å²) in [6.45, 7) is 0.873. The van der Waals surface area contributed by atoms with E-state index in [-0.39, 0.29) is 18.0 Å². The summed E-state index contributed by atoms with van der Waals surface area (Å²) in [4.78, 5) is 15.6. The molecule has 104 valence electrons. The average molecular weight is 264 g/mol. The van der Waals surface area contributed by atoms with Crippen LogP contribution in [0.25, 0.3) is 0 Å². The number of carbonyl (C=O) groups is 1. The molecular formula is C14H20N2O3. The highest BCUT2D eigenvalue weighted by atomic mass is 16.5. The summed E-state index contributed by atoms with van der Waals surface area (Å²) >= 11 is 0. The number of hydrogen-bond donors (Lipinski definition) is 2. The van der Waals surface area contributed by atoms with Crippen LogP contribution < -0.4 is 5.32 Å². The zero-order valence-electron chi connectivity index (χ0n) is 11.2. The van der Waals surface area contributed by atoms with Crippen LogP contribution in [0.3, 0.4) is 0 Å². The average Bonchev–Trinajstić information content (AvgIpc) is 2.94. The number of anilines is 1. The van der Waals surface area contributed by atoms with Gasteiger partial charge in [-0.25, -0.2) is 9.78 Å². The highest BCUT2D eigenvalue weighted by molar-refractivity contribution is 5.89. The fourth-order valence-corrected chi connectivity index (χ4v) is 2.57. The summed E-state index contributed by atoms with van der Waals surface area (Å²) in [5.41, 5.74) is 0.438. The van der Waals surface area contributed by atoms with Gasteiger partial charge in [0.05, 0.1) is 19.3 Å². The van der Waals surface area contributed by atoms with Crippen LogP contribution in [0.15, 0.2) is 18.3 Å². The lowest BCUT2D eigenvalue weighted by Gasteiger charge is -2.26. The third-order valence-corrected chi connectivity index (χ3v) is 3.83. The predicted octanol–water partition coefficient (Wildman–Crippen LogP) is 1.83. The van der Waals surface area contributed by atoms with Crippen molar-refractivity contribution < 1.29 is 14.6 Å². The molecule has 1 saturated carbocycles. The highest BCUT2D eigenvalue weighted by Gasteiger charge is 2.32. The third kappa shape index (κ3) is 3.23. The maximum Gasteiger partial charge on any atom is 0.338 e. The molecule has 1 aliphatic rings. The number of carbonyl (C=O) groups excluding carboxylic acids is 1. The van der Waals surface area contributed by atoms with Crippen molar-refractivity contribution in [1.29, 1.82) is 0 Å². The Morgan fingerprint density at radius 2 is 2.26 bits per heavy atom. The molecule has 1 heterocycles. The van der Waals surface area contributed by atoms with Gasteiger partial charge in [-0.15, -0.1) is 0 Å². The summed E-state index contributed by atoms with van der Waals surface area (Å²) in [7, 11) is 1.36. The summed E-state index contributed by atoms with van der Waals surface area (Å²) in [6, 6.07) is 3.29. The van der Waals surface area contributed by atoms with E-state index >= 15 is 0 Å². The first-order valence-electron chi connectivity index (χ1n) is 6.58. The van der Waals surface area contributed by atoms with Crippen LogP contribution in [0, 0.1) is 5.41 Å². The smallest absolute Gasteiger partial charge is 0.338 e. The molecule has 0 amide bonds. The van der Waals surface area contributed by atoms with Gasteiger partial charge in [-0.3, -0.25) is 0 Å². The van der Waals surface area contributed by atoms with E-state index in [2.05, 4.69) is 15.0 Å². The zero-order valence-corrected chi connectivity index (χ0v) is 11.2. The first-order valence-corrected chi connectivity index (χ1v) is 6.58. The molecule has 2 N–H and O–H groups in total. The maximum absolute atomic E-state index is 11.4. The number of hydrogen-bond acceptors (Lipinski definition) is 5. The molecule has 0 aromatic carbocycles. The summed E-state index contributed by atoms with van der Waals surface area (Å²) in [5, 5.41) is 12.8. The summed E-state index contributed by atoms with van der Waals surface area (Å²) in [6.07, 6.45) is 5.98. The fraction of sp³-hybridized carbons (Fsp3) is 0.571. The van der Waals surface area contributed by atoms with Gasteiger partial charge in [-0.1, -0.05) is 12.8 Å². The fourth-order valence-electron chi connectivity index (χ4n) is 2.57. The number of nitrogens with zero attached hydrogens (tertiary/aromatic N) is 1. The second kappa shape index (κ2) is 6.02. The van der Waals surface area contributed by atoms with Crippen molar-refractivity contribution in [1.82, 2.24) is 4.98 Å². The quantitative estimate of drug-likeness (QED) is 0.794. The Bertz CT molecular complexity index is 442. The molecule has 19 heavy (non-hydrogen) atoms. The Balaban J connectivity index is 2.01. The number of pyridine rings is 1. The van der Waals surface area contributed by atoms with Crippen LogP contribution in [0.2, 0.25) is 0 Å². The molecule has 0 atom stereocenters. The highest BCUT2D eigenvalue weighted by Crippen LogP contribution is 2.37. The molecule has 1 aromatic heterocycles. The molecule has 1 aliphatic carbocycles. The number of aliphatic hydroxyl groups is 1. The van der Waals surface area contributed by atoms with Crippen LogP contribution in [0.4, 0.5) is 5.82 Å². The maximum atomic E-state index is 11.4. The number of rotatable bonds is 5. The SMILES string of the molecule is COC(=O)c1ccnc(NCC2(CO)CCCC2)c1. The Morgan fingerprint density at radius 1 is 1.53 bits per heavy atom. The Labute approximate surface area is 113 Å². The van der Waals surface area contributed by atoms with Crippen LogP contribution in [-0.4, -0.2) is 36.3 Å². The molecule has 0 aliphatic heterocycles. The lowest BCUT2D eigenvalue weighted by Crippen LogP contribution is -2.30. The van der Waals surface area contributed by atoms with E-state index in [0.717, 1.165) is 25.7 Å². The number of aromatic nitrogens is 1. The van der Waals surface area contributed by atoms with Crippen LogP contribution in [-0.2, 0) is 4.74 Å². The topological polar surface area (TPSA) is 71.5 Å². The lowest BCUT2D eigenvalue weighted by molar-refractivity contribution is 0.0600. The summed E-state index contributed by atoms with van der Waals surface area (Å²) < 4.78 is 4.68. The first-order chi connectivity index (χ1) is 9.19. The van der Waals surface area contributed by atoms with Gasteiger partial charge in [0.1, 0.15) is 5.82 Å². The van der Waals surface area contributed by atoms with E-state index < -0.39 is 0 Å². The van der Waals surface area contributed by atoms with E-state index in [9.17, 15) is 9.90 Å². The van der Waals surface area contributed by atoms with Gasteiger partial charge in [0, 0.05) is 18.2 Å². The van der Waals surface area contributed by atoms with Crippen molar-refractivity contribution in [2.45, 2.75) is 25.7 Å². The van der Waals surface area contributed by atoms with Gasteiger partial charge in [-0.2, -0.15) is 0 Å². The minimum absolute atomic E-state index is 0.0387. The summed E-state index contributed by atoms with van der Waals surface area (Å²) in [5.74, 6) is 0.269. The molecule has 5 heteroatoms. The lowest BCUT2D eigenvalue weighted by atomic mass is 9.87. The number of ether oxygens (including phenoxy) is 1. The Morgan fingerprint density at radius 3 is 2.89 bits per heavy atom. The second-order valence-electron chi connectivity index (χ2n) is 5.14. The van der Waals surface area contributed by atoms with Gasteiger partial charge >= 0.3 is 5.97 Å². The number of methoxy groups -OCH3 is 1. The van der Waals surface area contributed by atoms with Gasteiger partial charge < -0.3 is 15.2 Å². The van der Waals surface area contributed by atoms with Crippen LogP contribution >= 0.6 is 0 Å². The van der Waals surface area contributed by atoms with Crippen LogP contribution in [0.5, 0.6) is 0 Å².